The number of nitrogens with zero attached hydrogens (tertiary/aromatic N) is 2. The van der Waals surface area contributed by atoms with Gasteiger partial charge in [0, 0.05) is 13.2 Å². The van der Waals surface area contributed by atoms with Gasteiger partial charge in [0.05, 0.1) is 40.1 Å². The molecule has 10 heteroatoms. The fraction of sp³-hybridized carbons (Fsp3) is 0.259. The third-order valence-electron chi connectivity index (χ3n) is 5.93. The summed E-state index contributed by atoms with van der Waals surface area (Å²) in [6, 6.07) is 16.6. The molecule has 194 valence electrons. The molecule has 3 aromatic carbocycles. The van der Waals surface area contributed by atoms with Crippen LogP contribution < -0.4 is 14.3 Å². The maximum absolute atomic E-state index is 13.4. The minimum Gasteiger partial charge on any atom is -0.497 e. The highest BCUT2D eigenvalue weighted by molar-refractivity contribution is 7.92. The molecule has 0 aliphatic heterocycles. The standard InChI is InChI=1S/C27H29N3O5S2/c1-5-35-15-14-30-24-16-18(2)19(3)17-25(24)36-27(30)28-26(31)22-8-6-7-9-23(22)29-37(32,33)21-12-10-20(34-4)11-13-21/h6-13,16-17,29H,5,14-15H2,1-4H3. The Balaban J connectivity index is 1.73. The van der Waals surface area contributed by atoms with Gasteiger partial charge in [0.15, 0.2) is 4.80 Å². The number of anilines is 1. The Bertz CT molecular complexity index is 1600. The van der Waals surface area contributed by atoms with E-state index in [9.17, 15) is 13.2 Å². The van der Waals surface area contributed by atoms with Crippen molar-refractivity contribution in [2.24, 2.45) is 4.99 Å². The predicted molar refractivity (Wildman–Crippen MR) is 146 cm³/mol. The largest absolute Gasteiger partial charge is 0.497 e. The van der Waals surface area contributed by atoms with Crippen LogP contribution in [0.25, 0.3) is 10.2 Å². The molecular weight excluding hydrogens is 510 g/mol. The van der Waals surface area contributed by atoms with Gasteiger partial charge in [-0.05, 0) is 80.4 Å². The second-order valence-corrected chi connectivity index (χ2v) is 11.1. The number of carbonyl (C=O) groups is 1. The van der Waals surface area contributed by atoms with Crippen molar-refractivity contribution in [3.05, 3.63) is 82.2 Å². The molecule has 0 aliphatic rings. The van der Waals surface area contributed by atoms with Gasteiger partial charge < -0.3 is 14.0 Å². The minimum absolute atomic E-state index is 0.0523. The molecule has 0 bridgehead atoms. The van der Waals surface area contributed by atoms with Crippen LogP contribution in [0.1, 0.15) is 28.4 Å². The quantitative estimate of drug-likeness (QED) is 0.305. The first-order valence-electron chi connectivity index (χ1n) is 11.8. The smallest absolute Gasteiger partial charge is 0.281 e. The Labute approximate surface area is 220 Å². The summed E-state index contributed by atoms with van der Waals surface area (Å²) in [5, 5.41) is 0. The molecule has 0 fully saturated rings. The summed E-state index contributed by atoms with van der Waals surface area (Å²) in [4.78, 5) is 18.4. The SMILES string of the molecule is CCOCCn1c(=NC(=O)c2ccccc2NS(=O)(=O)c2ccc(OC)cc2)sc2cc(C)c(C)cc21. The van der Waals surface area contributed by atoms with Gasteiger partial charge >= 0.3 is 0 Å². The van der Waals surface area contributed by atoms with Gasteiger partial charge in [0.25, 0.3) is 15.9 Å². The zero-order valence-electron chi connectivity index (χ0n) is 21.1. The van der Waals surface area contributed by atoms with Crippen molar-refractivity contribution in [1.29, 1.82) is 0 Å². The lowest BCUT2D eigenvalue weighted by Crippen LogP contribution is -2.20. The van der Waals surface area contributed by atoms with E-state index in [0.717, 1.165) is 21.3 Å². The van der Waals surface area contributed by atoms with E-state index in [-0.39, 0.29) is 16.1 Å². The summed E-state index contributed by atoms with van der Waals surface area (Å²) in [6.45, 7) is 7.64. The number of aryl methyl sites for hydroxylation is 2. The zero-order valence-corrected chi connectivity index (χ0v) is 22.8. The number of methoxy groups -OCH3 is 1. The van der Waals surface area contributed by atoms with Gasteiger partial charge in [-0.25, -0.2) is 8.42 Å². The van der Waals surface area contributed by atoms with E-state index in [1.807, 2.05) is 25.3 Å². The van der Waals surface area contributed by atoms with Crippen LogP contribution in [0.5, 0.6) is 5.75 Å². The van der Waals surface area contributed by atoms with Crippen molar-refractivity contribution >= 4 is 43.2 Å². The van der Waals surface area contributed by atoms with Crippen molar-refractivity contribution < 1.29 is 22.7 Å². The van der Waals surface area contributed by atoms with Crippen molar-refractivity contribution in [3.63, 3.8) is 0 Å². The number of para-hydroxylation sites is 1. The molecular formula is C27H29N3O5S2. The summed E-state index contributed by atoms with van der Waals surface area (Å²) in [5.41, 5.74) is 3.59. The maximum atomic E-state index is 13.4. The Hall–Kier alpha value is -3.47. The predicted octanol–water partition coefficient (Wildman–Crippen LogP) is 4.91. The maximum Gasteiger partial charge on any atom is 0.281 e. The van der Waals surface area contributed by atoms with Crippen LogP contribution in [0, 0.1) is 13.8 Å². The van der Waals surface area contributed by atoms with Gasteiger partial charge in [-0.2, -0.15) is 4.99 Å². The molecule has 0 saturated carbocycles. The number of rotatable bonds is 9. The number of ether oxygens (including phenoxy) is 2. The first-order valence-corrected chi connectivity index (χ1v) is 14.1. The summed E-state index contributed by atoms with van der Waals surface area (Å²) >= 11 is 1.42. The number of hydrogen-bond acceptors (Lipinski definition) is 6. The topological polar surface area (TPSA) is 99.0 Å². The monoisotopic (exact) mass is 539 g/mol. The molecule has 0 saturated heterocycles. The highest BCUT2D eigenvalue weighted by atomic mass is 32.2. The molecule has 8 nitrogen and oxygen atoms in total. The second kappa shape index (κ2) is 11.3. The minimum atomic E-state index is -3.94. The average Bonchev–Trinajstić information content (AvgIpc) is 3.20. The normalized spacial score (nSPS) is 12.2. The van der Waals surface area contributed by atoms with E-state index in [1.54, 1.807) is 36.4 Å². The fourth-order valence-electron chi connectivity index (χ4n) is 3.79. The van der Waals surface area contributed by atoms with E-state index in [0.29, 0.717) is 30.3 Å². The summed E-state index contributed by atoms with van der Waals surface area (Å²) in [5.74, 6) is -0.00196. The Kier molecular flexibility index (Phi) is 8.11. The fourth-order valence-corrected chi connectivity index (χ4v) is 6.00. The third-order valence-corrected chi connectivity index (χ3v) is 8.35. The van der Waals surface area contributed by atoms with Crippen molar-refractivity contribution in [1.82, 2.24) is 4.57 Å². The van der Waals surface area contributed by atoms with Gasteiger partial charge in [-0.3, -0.25) is 9.52 Å². The highest BCUT2D eigenvalue weighted by Crippen LogP contribution is 2.24. The summed E-state index contributed by atoms with van der Waals surface area (Å²) in [7, 11) is -2.43. The van der Waals surface area contributed by atoms with E-state index < -0.39 is 15.9 Å². The van der Waals surface area contributed by atoms with Gasteiger partial charge in [-0.1, -0.05) is 23.5 Å². The zero-order chi connectivity index (χ0) is 26.6. The van der Waals surface area contributed by atoms with Crippen molar-refractivity contribution in [2.45, 2.75) is 32.2 Å². The highest BCUT2D eigenvalue weighted by Gasteiger charge is 2.19. The van der Waals surface area contributed by atoms with Crippen LogP contribution in [0.4, 0.5) is 5.69 Å². The number of amides is 1. The molecule has 37 heavy (non-hydrogen) atoms. The first-order chi connectivity index (χ1) is 17.7. The van der Waals surface area contributed by atoms with Gasteiger partial charge in [-0.15, -0.1) is 0 Å². The average molecular weight is 540 g/mol. The van der Waals surface area contributed by atoms with Crippen molar-refractivity contribution in [2.75, 3.05) is 25.0 Å². The van der Waals surface area contributed by atoms with E-state index >= 15 is 0 Å². The third kappa shape index (κ3) is 5.93. The van der Waals surface area contributed by atoms with E-state index in [2.05, 4.69) is 21.8 Å². The molecule has 1 N–H and O–H groups in total. The number of fused-ring (bicyclic) bond motifs is 1. The number of benzene rings is 3. The first kappa shape index (κ1) is 26.6. The molecule has 4 rings (SSSR count). The molecule has 4 aromatic rings. The second-order valence-electron chi connectivity index (χ2n) is 8.38. The van der Waals surface area contributed by atoms with Crippen LogP contribution in [-0.2, 0) is 21.3 Å². The number of hydrogen-bond donors (Lipinski definition) is 1. The van der Waals surface area contributed by atoms with Gasteiger partial charge in [0.2, 0.25) is 0 Å². The van der Waals surface area contributed by atoms with Crippen LogP contribution >= 0.6 is 11.3 Å². The molecule has 1 aromatic heterocycles. The molecule has 0 unspecified atom stereocenters. The number of nitrogens with one attached hydrogen (secondary N) is 1. The lowest BCUT2D eigenvalue weighted by atomic mass is 10.1. The Morgan fingerprint density at radius 3 is 2.46 bits per heavy atom. The van der Waals surface area contributed by atoms with Crippen LogP contribution in [-0.4, -0.2) is 39.2 Å². The lowest BCUT2D eigenvalue weighted by molar-refractivity contribution is 0.0997. The molecule has 0 aliphatic carbocycles. The summed E-state index contributed by atoms with van der Waals surface area (Å²) in [6.07, 6.45) is 0. The molecule has 0 spiro atoms. The molecule has 1 heterocycles. The van der Waals surface area contributed by atoms with Gasteiger partial charge in [0.1, 0.15) is 5.75 Å². The summed E-state index contributed by atoms with van der Waals surface area (Å²) < 4.78 is 42.2. The number of carbonyl (C=O) groups excluding carboxylic acids is 1. The number of aromatic nitrogens is 1. The van der Waals surface area contributed by atoms with Crippen LogP contribution in [0.2, 0.25) is 0 Å². The van der Waals surface area contributed by atoms with Crippen LogP contribution in [0.15, 0.2) is 70.6 Å². The lowest BCUT2D eigenvalue weighted by Gasteiger charge is -2.11. The Morgan fingerprint density at radius 2 is 1.76 bits per heavy atom. The number of thiazole rings is 1. The van der Waals surface area contributed by atoms with E-state index in [1.165, 1.54) is 30.6 Å². The Morgan fingerprint density at radius 1 is 1.05 bits per heavy atom. The van der Waals surface area contributed by atoms with Crippen molar-refractivity contribution in [3.8, 4) is 5.75 Å². The molecule has 1 amide bonds. The molecule has 0 atom stereocenters. The van der Waals surface area contributed by atoms with E-state index in [4.69, 9.17) is 9.47 Å². The van der Waals surface area contributed by atoms with Crippen LogP contribution in [0.3, 0.4) is 0 Å². The number of sulfonamides is 1. The molecule has 0 radical (unpaired) electrons.